The van der Waals surface area contributed by atoms with Crippen molar-refractivity contribution in [1.82, 2.24) is 20.0 Å². The Morgan fingerprint density at radius 2 is 2.13 bits per heavy atom. The number of rotatable bonds is 4. The van der Waals surface area contributed by atoms with Crippen molar-refractivity contribution in [3.8, 4) is 5.69 Å². The number of aromatic nitrogens is 2. The van der Waals surface area contributed by atoms with E-state index in [0.29, 0.717) is 16.5 Å². The fourth-order valence-corrected chi connectivity index (χ4v) is 2.95. The molecule has 7 heteroatoms. The van der Waals surface area contributed by atoms with Crippen LogP contribution in [0.3, 0.4) is 0 Å². The smallest absolute Gasteiger partial charge is 0.257 e. The maximum absolute atomic E-state index is 12.5. The maximum atomic E-state index is 12.5. The predicted molar refractivity (Wildman–Crippen MR) is 93.8 cm³/mol. The van der Waals surface area contributed by atoms with Crippen LogP contribution in [0.15, 0.2) is 36.7 Å². The van der Waals surface area contributed by atoms with E-state index in [9.17, 15) is 4.79 Å². The maximum Gasteiger partial charge on any atom is 0.257 e. The van der Waals surface area contributed by atoms with Gasteiger partial charge in [0.25, 0.3) is 5.91 Å². The van der Waals surface area contributed by atoms with Gasteiger partial charge in [-0.25, -0.2) is 4.68 Å². The number of carbonyl (C=O) groups excluding carboxylic acids is 1. The second kappa shape index (κ2) is 7.81. The Kier molecular flexibility index (Phi) is 6.04. The summed E-state index contributed by atoms with van der Waals surface area (Å²) in [5.74, 6) is 0.596. The number of nitrogens with zero attached hydrogens (tertiary/aromatic N) is 3. The molecule has 1 aliphatic rings. The number of likely N-dealkylation sites (tertiary alicyclic amines) is 1. The molecule has 1 aromatic heterocycles. The Morgan fingerprint density at radius 3 is 2.83 bits per heavy atom. The first-order valence-electron chi connectivity index (χ1n) is 7.42. The highest BCUT2D eigenvalue weighted by Crippen LogP contribution is 2.19. The van der Waals surface area contributed by atoms with E-state index >= 15 is 0 Å². The quantitative estimate of drug-likeness (QED) is 0.917. The monoisotopic (exact) mass is 354 g/mol. The Balaban J connectivity index is 0.00000192. The normalized spacial score (nSPS) is 17.1. The standard InChI is InChI=1S/C16H19ClN4O.ClH/c1-18-8-12-6-7-20(10-12)16(22)13-9-19-21(11-13)15-4-2-14(17)3-5-15;/h2-5,9,11-12,18H,6-8,10H2,1H3;1H. The van der Waals surface area contributed by atoms with Gasteiger partial charge in [-0.15, -0.1) is 12.4 Å². The first-order chi connectivity index (χ1) is 10.7. The van der Waals surface area contributed by atoms with Crippen LogP contribution in [-0.2, 0) is 0 Å². The van der Waals surface area contributed by atoms with Gasteiger partial charge in [-0.1, -0.05) is 11.6 Å². The van der Waals surface area contributed by atoms with Gasteiger partial charge in [-0.3, -0.25) is 4.79 Å². The summed E-state index contributed by atoms with van der Waals surface area (Å²) in [6.07, 6.45) is 4.46. The van der Waals surface area contributed by atoms with E-state index in [0.717, 1.165) is 31.7 Å². The zero-order chi connectivity index (χ0) is 15.5. The van der Waals surface area contributed by atoms with Crippen molar-refractivity contribution in [2.24, 2.45) is 5.92 Å². The molecular formula is C16H20Cl2N4O. The molecule has 124 valence electrons. The van der Waals surface area contributed by atoms with Crippen molar-refractivity contribution in [2.75, 3.05) is 26.7 Å². The molecule has 2 aromatic rings. The Hall–Kier alpha value is -1.56. The number of carbonyl (C=O) groups is 1. The Labute approximate surface area is 147 Å². The molecule has 0 aliphatic carbocycles. The highest BCUT2D eigenvalue weighted by atomic mass is 35.5. The van der Waals surface area contributed by atoms with E-state index in [-0.39, 0.29) is 18.3 Å². The summed E-state index contributed by atoms with van der Waals surface area (Å²) in [6.45, 7) is 2.58. The van der Waals surface area contributed by atoms with Crippen molar-refractivity contribution in [3.05, 3.63) is 47.2 Å². The summed E-state index contributed by atoms with van der Waals surface area (Å²) in [5, 5.41) is 8.13. The molecule has 0 radical (unpaired) electrons. The van der Waals surface area contributed by atoms with Crippen LogP contribution in [0.5, 0.6) is 0 Å². The van der Waals surface area contributed by atoms with Crippen LogP contribution in [0.4, 0.5) is 0 Å². The summed E-state index contributed by atoms with van der Waals surface area (Å²) in [7, 11) is 1.95. The van der Waals surface area contributed by atoms with Crippen LogP contribution >= 0.6 is 24.0 Å². The van der Waals surface area contributed by atoms with Gasteiger partial charge < -0.3 is 10.2 Å². The van der Waals surface area contributed by atoms with Crippen molar-refractivity contribution < 1.29 is 4.79 Å². The van der Waals surface area contributed by atoms with Gasteiger partial charge in [0.1, 0.15) is 0 Å². The van der Waals surface area contributed by atoms with Gasteiger partial charge in [0.15, 0.2) is 0 Å². The molecule has 1 amide bonds. The minimum absolute atomic E-state index is 0. The summed E-state index contributed by atoms with van der Waals surface area (Å²) < 4.78 is 1.70. The van der Waals surface area contributed by atoms with Crippen LogP contribution in [0.2, 0.25) is 5.02 Å². The van der Waals surface area contributed by atoms with Gasteiger partial charge in [0, 0.05) is 24.3 Å². The van der Waals surface area contributed by atoms with Crippen LogP contribution in [-0.4, -0.2) is 47.3 Å². The molecule has 0 spiro atoms. The third-order valence-corrected chi connectivity index (χ3v) is 4.24. The zero-order valence-corrected chi connectivity index (χ0v) is 14.5. The average Bonchev–Trinajstić information content (AvgIpc) is 3.17. The molecule has 23 heavy (non-hydrogen) atoms. The first-order valence-corrected chi connectivity index (χ1v) is 7.79. The fourth-order valence-electron chi connectivity index (χ4n) is 2.82. The molecule has 1 aromatic carbocycles. The van der Waals surface area contributed by atoms with E-state index in [4.69, 9.17) is 11.6 Å². The molecule has 1 aliphatic heterocycles. The van der Waals surface area contributed by atoms with Crippen LogP contribution in [0, 0.1) is 5.92 Å². The van der Waals surface area contributed by atoms with Gasteiger partial charge in [0.05, 0.1) is 17.4 Å². The van der Waals surface area contributed by atoms with E-state index in [1.165, 1.54) is 0 Å². The zero-order valence-electron chi connectivity index (χ0n) is 12.9. The number of hydrogen-bond acceptors (Lipinski definition) is 3. The largest absolute Gasteiger partial charge is 0.338 e. The summed E-state index contributed by atoms with van der Waals surface area (Å²) >= 11 is 5.88. The van der Waals surface area contributed by atoms with Crippen molar-refractivity contribution >= 4 is 29.9 Å². The second-order valence-electron chi connectivity index (χ2n) is 5.61. The van der Waals surface area contributed by atoms with Crippen molar-refractivity contribution in [3.63, 3.8) is 0 Å². The molecular weight excluding hydrogens is 335 g/mol. The topological polar surface area (TPSA) is 50.2 Å². The Bertz CT molecular complexity index is 656. The SMILES string of the molecule is CNCC1CCN(C(=O)c2cnn(-c3ccc(Cl)cc3)c2)C1.Cl. The molecule has 0 bridgehead atoms. The molecule has 1 fully saturated rings. The summed E-state index contributed by atoms with van der Waals surface area (Å²) in [5.41, 5.74) is 1.51. The minimum atomic E-state index is 0. The van der Waals surface area contributed by atoms with Crippen LogP contribution in [0.25, 0.3) is 5.69 Å². The lowest BCUT2D eigenvalue weighted by molar-refractivity contribution is 0.0787. The van der Waals surface area contributed by atoms with Crippen LogP contribution in [0.1, 0.15) is 16.8 Å². The molecule has 1 unspecified atom stereocenters. The second-order valence-corrected chi connectivity index (χ2v) is 6.05. The third kappa shape index (κ3) is 4.05. The molecule has 1 saturated heterocycles. The highest BCUT2D eigenvalue weighted by molar-refractivity contribution is 6.30. The summed E-state index contributed by atoms with van der Waals surface area (Å²) in [6, 6.07) is 7.37. The predicted octanol–water partition coefficient (Wildman–Crippen LogP) is 2.63. The molecule has 5 nitrogen and oxygen atoms in total. The first kappa shape index (κ1) is 17.8. The van der Waals surface area contributed by atoms with E-state index in [2.05, 4.69) is 10.4 Å². The van der Waals surface area contributed by atoms with Gasteiger partial charge in [-0.05, 0) is 50.2 Å². The minimum Gasteiger partial charge on any atom is -0.338 e. The third-order valence-electron chi connectivity index (χ3n) is 3.99. The molecule has 1 N–H and O–H groups in total. The van der Waals surface area contributed by atoms with E-state index in [1.54, 1.807) is 17.1 Å². The highest BCUT2D eigenvalue weighted by Gasteiger charge is 2.27. The lowest BCUT2D eigenvalue weighted by atomic mass is 10.1. The number of amides is 1. The van der Waals surface area contributed by atoms with Gasteiger partial charge >= 0.3 is 0 Å². The van der Waals surface area contributed by atoms with Crippen molar-refractivity contribution in [1.29, 1.82) is 0 Å². The van der Waals surface area contributed by atoms with Crippen LogP contribution < -0.4 is 5.32 Å². The average molecular weight is 355 g/mol. The summed E-state index contributed by atoms with van der Waals surface area (Å²) in [4.78, 5) is 14.4. The van der Waals surface area contributed by atoms with E-state index in [1.807, 2.05) is 36.2 Å². The van der Waals surface area contributed by atoms with E-state index < -0.39 is 0 Å². The Morgan fingerprint density at radius 1 is 1.39 bits per heavy atom. The van der Waals surface area contributed by atoms with Crippen molar-refractivity contribution in [2.45, 2.75) is 6.42 Å². The number of hydrogen-bond donors (Lipinski definition) is 1. The lowest BCUT2D eigenvalue weighted by Gasteiger charge is -2.15. The number of benzene rings is 1. The lowest BCUT2D eigenvalue weighted by Crippen LogP contribution is -2.30. The molecule has 3 rings (SSSR count). The number of halogens is 2. The molecule has 0 saturated carbocycles. The number of nitrogens with one attached hydrogen (secondary N) is 1. The fraction of sp³-hybridized carbons (Fsp3) is 0.375. The molecule has 1 atom stereocenters. The molecule has 2 heterocycles. The van der Waals surface area contributed by atoms with Gasteiger partial charge in [-0.2, -0.15) is 5.10 Å². The van der Waals surface area contributed by atoms with Gasteiger partial charge in [0.2, 0.25) is 0 Å².